The van der Waals surface area contributed by atoms with Gasteiger partial charge in [0, 0.05) is 15.6 Å². The van der Waals surface area contributed by atoms with E-state index in [4.69, 9.17) is 0 Å². The molecule has 1 atom stereocenters. The second kappa shape index (κ2) is 6.23. The van der Waals surface area contributed by atoms with Crippen LogP contribution in [0.4, 0.5) is 4.39 Å². The van der Waals surface area contributed by atoms with Crippen molar-refractivity contribution in [2.45, 2.75) is 44.6 Å². The summed E-state index contributed by atoms with van der Waals surface area (Å²) in [4.78, 5) is 1.35. The van der Waals surface area contributed by atoms with Crippen LogP contribution in [0.15, 0.2) is 24.3 Å². The predicted molar refractivity (Wildman–Crippen MR) is 84.8 cm³/mol. The van der Waals surface area contributed by atoms with Gasteiger partial charge in [-0.3, -0.25) is 0 Å². The third-order valence-electron chi connectivity index (χ3n) is 4.48. The van der Waals surface area contributed by atoms with Gasteiger partial charge in [-0.1, -0.05) is 32.1 Å². The molecule has 3 heteroatoms. The van der Waals surface area contributed by atoms with Gasteiger partial charge in [0.25, 0.3) is 0 Å². The average molecular weight is 291 g/mol. The van der Waals surface area contributed by atoms with Gasteiger partial charge in [0.2, 0.25) is 0 Å². The molecule has 0 aliphatic heterocycles. The summed E-state index contributed by atoms with van der Waals surface area (Å²) >= 11 is 1.80. The minimum atomic E-state index is -0.143. The number of fused-ring (bicyclic) bond motifs is 1. The summed E-state index contributed by atoms with van der Waals surface area (Å²) in [6, 6.07) is 7.67. The van der Waals surface area contributed by atoms with E-state index >= 15 is 0 Å². The molecule has 0 radical (unpaired) electrons. The van der Waals surface area contributed by atoms with E-state index in [9.17, 15) is 4.39 Å². The van der Waals surface area contributed by atoms with E-state index in [-0.39, 0.29) is 5.82 Å². The molecule has 1 aliphatic rings. The maximum absolute atomic E-state index is 13.3. The Morgan fingerprint density at radius 1 is 1.25 bits per heavy atom. The molecule has 1 N–H and O–H groups in total. The van der Waals surface area contributed by atoms with Crippen molar-refractivity contribution >= 4 is 21.4 Å². The van der Waals surface area contributed by atoms with Crippen molar-refractivity contribution in [1.29, 1.82) is 0 Å². The summed E-state index contributed by atoms with van der Waals surface area (Å²) in [5.74, 6) is 0.707. The summed E-state index contributed by atoms with van der Waals surface area (Å²) in [6.07, 6.45) is 8.14. The Balaban J connectivity index is 1.79. The lowest BCUT2D eigenvalue weighted by Crippen LogP contribution is -2.20. The molecular formula is C17H22FNS. The highest BCUT2D eigenvalue weighted by Gasteiger charge is 2.20. The number of halogens is 1. The van der Waals surface area contributed by atoms with E-state index in [2.05, 4.69) is 11.4 Å². The molecule has 0 saturated heterocycles. The Morgan fingerprint density at radius 3 is 2.80 bits per heavy atom. The van der Waals surface area contributed by atoms with E-state index in [0.29, 0.717) is 6.04 Å². The molecule has 1 fully saturated rings. The van der Waals surface area contributed by atoms with Crippen LogP contribution < -0.4 is 5.32 Å². The van der Waals surface area contributed by atoms with Gasteiger partial charge in [0.05, 0.1) is 0 Å². The van der Waals surface area contributed by atoms with E-state index in [1.54, 1.807) is 23.5 Å². The Labute approximate surface area is 124 Å². The summed E-state index contributed by atoms with van der Waals surface area (Å²) < 4.78 is 14.5. The monoisotopic (exact) mass is 291 g/mol. The van der Waals surface area contributed by atoms with Crippen molar-refractivity contribution in [2.24, 2.45) is 5.92 Å². The number of rotatable bonds is 4. The Morgan fingerprint density at radius 2 is 2.05 bits per heavy atom. The smallest absolute Gasteiger partial charge is 0.123 e. The van der Waals surface area contributed by atoms with E-state index in [0.717, 1.165) is 11.3 Å². The summed E-state index contributed by atoms with van der Waals surface area (Å²) in [5.41, 5.74) is 0. The van der Waals surface area contributed by atoms with Crippen LogP contribution in [-0.2, 0) is 0 Å². The zero-order valence-corrected chi connectivity index (χ0v) is 12.8. The van der Waals surface area contributed by atoms with E-state index in [1.165, 1.54) is 48.1 Å². The van der Waals surface area contributed by atoms with Crippen molar-refractivity contribution in [2.75, 3.05) is 7.05 Å². The van der Waals surface area contributed by atoms with E-state index < -0.39 is 0 Å². The van der Waals surface area contributed by atoms with Crippen LogP contribution in [-0.4, -0.2) is 7.05 Å². The normalized spacial score (nSPS) is 18.5. The topological polar surface area (TPSA) is 12.0 Å². The van der Waals surface area contributed by atoms with Crippen LogP contribution in [0.25, 0.3) is 10.1 Å². The van der Waals surface area contributed by atoms with Crippen LogP contribution in [0.1, 0.15) is 49.4 Å². The number of thiophene rings is 1. The predicted octanol–water partition coefficient (Wildman–Crippen LogP) is 5.27. The first-order valence-electron chi connectivity index (χ1n) is 7.62. The summed E-state index contributed by atoms with van der Waals surface area (Å²) in [7, 11) is 2.04. The molecule has 20 heavy (non-hydrogen) atoms. The van der Waals surface area contributed by atoms with Crippen LogP contribution >= 0.6 is 11.3 Å². The van der Waals surface area contributed by atoms with Gasteiger partial charge in [-0.15, -0.1) is 11.3 Å². The van der Waals surface area contributed by atoms with Crippen LogP contribution in [0.5, 0.6) is 0 Å². The molecule has 1 unspecified atom stereocenters. The summed E-state index contributed by atoms with van der Waals surface area (Å²) in [6.45, 7) is 0. The minimum absolute atomic E-state index is 0.143. The first-order chi connectivity index (χ1) is 9.76. The molecule has 2 aromatic rings. The fourth-order valence-corrected chi connectivity index (χ4v) is 4.51. The largest absolute Gasteiger partial charge is 0.312 e. The first kappa shape index (κ1) is 14.0. The molecule has 108 valence electrons. The number of benzene rings is 1. The molecule has 0 spiro atoms. The van der Waals surface area contributed by atoms with Gasteiger partial charge < -0.3 is 5.32 Å². The maximum atomic E-state index is 13.3. The number of hydrogen-bond donors (Lipinski definition) is 1. The van der Waals surface area contributed by atoms with Crippen LogP contribution in [0.2, 0.25) is 0 Å². The van der Waals surface area contributed by atoms with Gasteiger partial charge in [0.1, 0.15) is 5.82 Å². The second-order valence-corrected chi connectivity index (χ2v) is 7.03. The minimum Gasteiger partial charge on any atom is -0.312 e. The SMILES string of the molecule is CNC(CC1CCCCC1)c1cc2cc(F)ccc2s1. The lowest BCUT2D eigenvalue weighted by atomic mass is 9.84. The fraction of sp³-hybridized carbons (Fsp3) is 0.529. The fourth-order valence-electron chi connectivity index (χ4n) is 3.34. The highest BCUT2D eigenvalue weighted by Crippen LogP contribution is 2.36. The van der Waals surface area contributed by atoms with Gasteiger partial charge in [-0.05, 0) is 49.0 Å². The lowest BCUT2D eigenvalue weighted by molar-refractivity contribution is 0.307. The maximum Gasteiger partial charge on any atom is 0.123 e. The Hall–Kier alpha value is -0.930. The van der Waals surface area contributed by atoms with Crippen molar-refractivity contribution in [3.05, 3.63) is 35.0 Å². The van der Waals surface area contributed by atoms with Crippen LogP contribution in [0, 0.1) is 11.7 Å². The molecule has 1 heterocycles. The van der Waals surface area contributed by atoms with Gasteiger partial charge in [0.15, 0.2) is 0 Å². The number of hydrogen-bond acceptors (Lipinski definition) is 2. The second-order valence-electron chi connectivity index (χ2n) is 5.91. The molecule has 0 amide bonds. The molecule has 1 aliphatic carbocycles. The zero-order valence-electron chi connectivity index (χ0n) is 12.0. The van der Waals surface area contributed by atoms with Gasteiger partial charge in [-0.25, -0.2) is 4.39 Å². The highest BCUT2D eigenvalue weighted by atomic mass is 32.1. The average Bonchev–Trinajstić information content (AvgIpc) is 2.88. The van der Waals surface area contributed by atoms with E-state index in [1.807, 2.05) is 13.1 Å². The molecule has 1 saturated carbocycles. The molecule has 1 aromatic carbocycles. The quantitative estimate of drug-likeness (QED) is 0.809. The van der Waals surface area contributed by atoms with Crippen molar-refractivity contribution < 1.29 is 4.39 Å². The highest BCUT2D eigenvalue weighted by molar-refractivity contribution is 7.19. The molecule has 1 nitrogen and oxygen atoms in total. The molecule has 1 aromatic heterocycles. The summed E-state index contributed by atoms with van der Waals surface area (Å²) in [5, 5.41) is 4.49. The van der Waals surface area contributed by atoms with Gasteiger partial charge >= 0.3 is 0 Å². The Kier molecular flexibility index (Phi) is 4.37. The molecule has 3 rings (SSSR count). The van der Waals surface area contributed by atoms with Crippen LogP contribution in [0.3, 0.4) is 0 Å². The third-order valence-corrected chi connectivity index (χ3v) is 5.71. The molecular weight excluding hydrogens is 269 g/mol. The van der Waals surface area contributed by atoms with Crippen molar-refractivity contribution in [3.8, 4) is 0 Å². The van der Waals surface area contributed by atoms with Gasteiger partial charge in [-0.2, -0.15) is 0 Å². The van der Waals surface area contributed by atoms with Crippen molar-refractivity contribution in [3.63, 3.8) is 0 Å². The Bertz CT molecular complexity index is 571. The molecule has 0 bridgehead atoms. The lowest BCUT2D eigenvalue weighted by Gasteiger charge is -2.25. The first-order valence-corrected chi connectivity index (χ1v) is 8.44. The standard InChI is InChI=1S/C17H22FNS/c1-19-15(9-12-5-3-2-4-6-12)17-11-13-10-14(18)7-8-16(13)20-17/h7-8,10-12,15,19H,2-6,9H2,1H3. The number of nitrogens with one attached hydrogen (secondary N) is 1. The zero-order chi connectivity index (χ0) is 13.9. The van der Waals surface area contributed by atoms with Crippen molar-refractivity contribution in [1.82, 2.24) is 5.32 Å². The third kappa shape index (κ3) is 3.04.